The lowest BCUT2D eigenvalue weighted by Crippen LogP contribution is -2.61. The van der Waals surface area contributed by atoms with E-state index in [-0.39, 0.29) is 18.3 Å². The van der Waals surface area contributed by atoms with Crippen molar-refractivity contribution in [2.75, 3.05) is 6.61 Å². The summed E-state index contributed by atoms with van der Waals surface area (Å²) in [5.74, 6) is -0.354. The first-order valence-corrected chi connectivity index (χ1v) is 9.16. The first-order valence-electron chi connectivity index (χ1n) is 9.16. The van der Waals surface area contributed by atoms with E-state index in [2.05, 4.69) is 0 Å². The van der Waals surface area contributed by atoms with Crippen LogP contribution in [-0.2, 0) is 9.47 Å². The van der Waals surface area contributed by atoms with Crippen LogP contribution in [0.2, 0.25) is 0 Å². The summed E-state index contributed by atoms with van der Waals surface area (Å²) in [4.78, 5) is 0. The molecule has 150 valence electrons. The number of aliphatic hydroxyl groups excluding tert-OH is 5. The standard InChI is InChI=1S/C18H30O8/c1-17(24)6-5-11-10(17)4-3-9(20)7-18(11,2)26-16-15(23)14(22)13(21)12(8-19)25-16/h3-4,9-16,19-24H,5-8H2,1-2H3/t9-,10-,11+,12+,13-,14+,15+,16+,17-,18+/m1/s1. The van der Waals surface area contributed by atoms with Crippen LogP contribution in [0.25, 0.3) is 0 Å². The van der Waals surface area contributed by atoms with Gasteiger partial charge in [0.05, 0.1) is 23.9 Å². The molecule has 10 atom stereocenters. The molecule has 1 aliphatic heterocycles. The quantitative estimate of drug-likeness (QED) is 0.334. The molecular weight excluding hydrogens is 344 g/mol. The first-order chi connectivity index (χ1) is 12.1. The Morgan fingerprint density at radius 3 is 2.42 bits per heavy atom. The van der Waals surface area contributed by atoms with Crippen LogP contribution >= 0.6 is 0 Å². The molecule has 0 bridgehead atoms. The van der Waals surface area contributed by atoms with Crippen LogP contribution in [-0.4, -0.2) is 85.3 Å². The highest BCUT2D eigenvalue weighted by Gasteiger charge is 2.55. The van der Waals surface area contributed by atoms with Crippen molar-refractivity contribution in [1.29, 1.82) is 0 Å². The molecule has 1 saturated carbocycles. The molecule has 1 saturated heterocycles. The van der Waals surface area contributed by atoms with Gasteiger partial charge >= 0.3 is 0 Å². The molecule has 8 nitrogen and oxygen atoms in total. The molecule has 0 amide bonds. The van der Waals surface area contributed by atoms with Crippen LogP contribution in [0, 0.1) is 11.8 Å². The number of aliphatic hydroxyl groups is 6. The van der Waals surface area contributed by atoms with E-state index in [1.165, 1.54) is 0 Å². The van der Waals surface area contributed by atoms with Crippen molar-refractivity contribution in [3.8, 4) is 0 Å². The molecule has 2 fully saturated rings. The fourth-order valence-corrected chi connectivity index (χ4v) is 4.70. The number of ether oxygens (including phenoxy) is 2. The molecule has 0 unspecified atom stereocenters. The molecule has 2 aliphatic carbocycles. The van der Waals surface area contributed by atoms with Crippen molar-refractivity contribution in [2.24, 2.45) is 11.8 Å². The van der Waals surface area contributed by atoms with Gasteiger partial charge < -0.3 is 40.1 Å². The lowest BCUT2D eigenvalue weighted by atomic mass is 9.77. The Hall–Kier alpha value is -0.580. The van der Waals surface area contributed by atoms with E-state index in [9.17, 15) is 30.6 Å². The summed E-state index contributed by atoms with van der Waals surface area (Å²) in [6, 6.07) is 0. The first kappa shape index (κ1) is 20.2. The molecule has 0 aromatic rings. The minimum atomic E-state index is -1.52. The van der Waals surface area contributed by atoms with Gasteiger partial charge in [-0.05, 0) is 32.6 Å². The van der Waals surface area contributed by atoms with Crippen LogP contribution in [0.3, 0.4) is 0 Å². The van der Waals surface area contributed by atoms with E-state index in [1.54, 1.807) is 19.9 Å². The van der Waals surface area contributed by atoms with E-state index in [0.717, 1.165) is 0 Å². The molecular formula is C18H30O8. The molecule has 0 spiro atoms. The molecule has 26 heavy (non-hydrogen) atoms. The Kier molecular flexibility index (Phi) is 5.51. The molecule has 8 heteroatoms. The number of rotatable bonds is 3. The molecule has 0 radical (unpaired) electrons. The summed E-state index contributed by atoms with van der Waals surface area (Å²) in [5, 5.41) is 60.5. The Balaban J connectivity index is 1.84. The minimum Gasteiger partial charge on any atom is -0.394 e. The third kappa shape index (κ3) is 3.45. The van der Waals surface area contributed by atoms with Crippen LogP contribution in [0.4, 0.5) is 0 Å². The van der Waals surface area contributed by atoms with E-state index in [4.69, 9.17) is 9.47 Å². The Morgan fingerprint density at radius 2 is 1.77 bits per heavy atom. The second kappa shape index (κ2) is 7.10. The lowest BCUT2D eigenvalue weighted by molar-refractivity contribution is -0.333. The molecule has 3 aliphatic rings. The van der Waals surface area contributed by atoms with Crippen LogP contribution < -0.4 is 0 Å². The minimum absolute atomic E-state index is 0.127. The largest absolute Gasteiger partial charge is 0.394 e. The molecule has 6 N–H and O–H groups in total. The van der Waals surface area contributed by atoms with Crippen molar-refractivity contribution >= 4 is 0 Å². The molecule has 1 heterocycles. The fraction of sp³-hybridized carbons (Fsp3) is 0.889. The van der Waals surface area contributed by atoms with Gasteiger partial charge in [-0.1, -0.05) is 12.2 Å². The van der Waals surface area contributed by atoms with Gasteiger partial charge in [0.1, 0.15) is 24.4 Å². The third-order valence-corrected chi connectivity index (χ3v) is 6.29. The van der Waals surface area contributed by atoms with Crippen LogP contribution in [0.1, 0.15) is 33.1 Å². The number of hydrogen-bond donors (Lipinski definition) is 6. The van der Waals surface area contributed by atoms with Gasteiger partial charge in [-0.3, -0.25) is 0 Å². The zero-order valence-electron chi connectivity index (χ0n) is 15.1. The summed E-state index contributed by atoms with van der Waals surface area (Å²) in [5.41, 5.74) is -1.87. The van der Waals surface area contributed by atoms with Gasteiger partial charge in [-0.15, -0.1) is 0 Å². The van der Waals surface area contributed by atoms with Crippen molar-refractivity contribution in [3.63, 3.8) is 0 Å². The average Bonchev–Trinajstić information content (AvgIpc) is 2.81. The summed E-state index contributed by atoms with van der Waals surface area (Å²) in [7, 11) is 0. The average molecular weight is 374 g/mol. The van der Waals surface area contributed by atoms with E-state index in [1.807, 2.05) is 6.08 Å². The second-order valence-corrected chi connectivity index (χ2v) is 8.31. The Morgan fingerprint density at radius 1 is 1.08 bits per heavy atom. The zero-order chi connectivity index (χ0) is 19.3. The van der Waals surface area contributed by atoms with Crippen molar-refractivity contribution < 1.29 is 40.1 Å². The predicted molar refractivity (Wildman–Crippen MR) is 89.9 cm³/mol. The van der Waals surface area contributed by atoms with Crippen molar-refractivity contribution in [2.45, 2.75) is 81.1 Å². The van der Waals surface area contributed by atoms with Crippen molar-refractivity contribution in [1.82, 2.24) is 0 Å². The zero-order valence-corrected chi connectivity index (χ0v) is 15.1. The highest BCUT2D eigenvalue weighted by atomic mass is 16.7. The van der Waals surface area contributed by atoms with Gasteiger partial charge in [0.15, 0.2) is 6.29 Å². The van der Waals surface area contributed by atoms with Gasteiger partial charge in [0.2, 0.25) is 0 Å². The number of hydrogen-bond acceptors (Lipinski definition) is 8. The highest BCUT2D eigenvalue weighted by Crippen LogP contribution is 2.51. The monoisotopic (exact) mass is 374 g/mol. The molecule has 3 rings (SSSR count). The normalized spacial score (nSPS) is 54.8. The SMILES string of the molecule is C[C@@]1(O)CC[C@H]2[C@H]1C=C[C@@H](O)C[C@]2(C)O[C@@H]1O[C@@H](CO)[C@@H](O)[C@H](O)[C@@H]1O. The van der Waals surface area contributed by atoms with Gasteiger partial charge in [-0.2, -0.15) is 0 Å². The van der Waals surface area contributed by atoms with E-state index in [0.29, 0.717) is 12.8 Å². The van der Waals surface area contributed by atoms with E-state index < -0.39 is 54.6 Å². The van der Waals surface area contributed by atoms with Crippen LogP contribution in [0.15, 0.2) is 12.2 Å². The summed E-state index contributed by atoms with van der Waals surface area (Å²) < 4.78 is 11.6. The topological polar surface area (TPSA) is 140 Å². The smallest absolute Gasteiger partial charge is 0.187 e. The third-order valence-electron chi connectivity index (χ3n) is 6.29. The lowest BCUT2D eigenvalue weighted by Gasteiger charge is -2.46. The van der Waals surface area contributed by atoms with Gasteiger partial charge in [-0.25, -0.2) is 0 Å². The van der Waals surface area contributed by atoms with Crippen molar-refractivity contribution in [3.05, 3.63) is 12.2 Å². The summed E-state index contributed by atoms with van der Waals surface area (Å²) >= 11 is 0. The molecule has 0 aromatic heterocycles. The summed E-state index contributed by atoms with van der Waals surface area (Å²) in [6.45, 7) is 3.02. The van der Waals surface area contributed by atoms with Crippen LogP contribution in [0.5, 0.6) is 0 Å². The Labute approximate surface area is 152 Å². The second-order valence-electron chi connectivity index (χ2n) is 8.31. The molecule has 0 aromatic carbocycles. The maximum atomic E-state index is 10.7. The highest BCUT2D eigenvalue weighted by molar-refractivity contribution is 5.14. The maximum Gasteiger partial charge on any atom is 0.187 e. The maximum absolute atomic E-state index is 10.7. The van der Waals surface area contributed by atoms with Gasteiger partial charge in [0, 0.05) is 12.3 Å². The summed E-state index contributed by atoms with van der Waals surface area (Å²) in [6.07, 6.45) is -2.64. The van der Waals surface area contributed by atoms with Gasteiger partial charge in [0.25, 0.3) is 0 Å². The number of fused-ring (bicyclic) bond motifs is 1. The predicted octanol–water partition coefficient (Wildman–Crippen LogP) is -1.34. The fourth-order valence-electron chi connectivity index (χ4n) is 4.70. The van der Waals surface area contributed by atoms with E-state index >= 15 is 0 Å². The Bertz CT molecular complexity index is 535.